The van der Waals surface area contributed by atoms with Crippen LogP contribution in [0.15, 0.2) is 64.1 Å². The van der Waals surface area contributed by atoms with Crippen LogP contribution >= 0.6 is 23.2 Å². The first kappa shape index (κ1) is 19.5. The van der Waals surface area contributed by atoms with E-state index in [0.717, 1.165) is 11.0 Å². The number of amides is 1. The summed E-state index contributed by atoms with van der Waals surface area (Å²) in [6.07, 6.45) is 0.387. The van der Waals surface area contributed by atoms with Crippen molar-refractivity contribution >= 4 is 51.8 Å². The number of nitrogens with zero attached hydrogens (tertiary/aromatic N) is 2. The summed E-state index contributed by atoms with van der Waals surface area (Å²) in [4.78, 5) is 24.2. The van der Waals surface area contributed by atoms with Crippen LogP contribution in [0.3, 0.4) is 0 Å². The number of hydrazone groups is 1. The fourth-order valence-corrected chi connectivity index (χ4v) is 3.49. The van der Waals surface area contributed by atoms with Crippen LogP contribution in [0.2, 0.25) is 0 Å². The van der Waals surface area contributed by atoms with E-state index in [2.05, 4.69) is 5.10 Å². The van der Waals surface area contributed by atoms with E-state index >= 15 is 0 Å². The molecule has 2 heterocycles. The fraction of sp³-hybridized carbons (Fsp3) is 0.190. The van der Waals surface area contributed by atoms with Gasteiger partial charge in [-0.15, -0.1) is 23.2 Å². The zero-order valence-electron chi connectivity index (χ0n) is 15.2. The van der Waals surface area contributed by atoms with Crippen molar-refractivity contribution in [1.29, 1.82) is 0 Å². The van der Waals surface area contributed by atoms with Gasteiger partial charge in [-0.05, 0) is 18.2 Å². The first-order chi connectivity index (χ1) is 14.1. The minimum atomic E-state index is -0.578. The van der Waals surface area contributed by atoms with Gasteiger partial charge < -0.3 is 9.15 Å². The van der Waals surface area contributed by atoms with Crippen molar-refractivity contribution in [3.63, 3.8) is 0 Å². The Morgan fingerprint density at radius 2 is 1.86 bits per heavy atom. The number of carbonyl (C=O) groups excluding carboxylic acids is 2. The van der Waals surface area contributed by atoms with Crippen LogP contribution in [0.4, 0.5) is 0 Å². The standard InChI is InChI=1S/C21H16Cl2N2O4/c22-11-20(26)25-16(14-6-2-4-8-18(14)29-21(27)12-23)10-15(24-25)19-9-13-5-1-3-7-17(13)28-19/h1-9,16H,10-12H2. The summed E-state index contributed by atoms with van der Waals surface area (Å²) in [5.74, 6) is -0.527. The molecular formula is C21H16Cl2N2O4. The summed E-state index contributed by atoms with van der Waals surface area (Å²) >= 11 is 11.4. The zero-order chi connectivity index (χ0) is 20.4. The Kier molecular flexibility index (Phi) is 5.56. The smallest absolute Gasteiger partial charge is 0.326 e. The molecule has 1 aromatic heterocycles. The molecule has 8 heteroatoms. The molecule has 0 saturated carbocycles. The number of rotatable bonds is 5. The van der Waals surface area contributed by atoms with Crippen molar-refractivity contribution < 1.29 is 18.7 Å². The molecule has 0 bridgehead atoms. The highest BCUT2D eigenvalue weighted by Gasteiger charge is 2.35. The van der Waals surface area contributed by atoms with Crippen LogP contribution in [-0.2, 0) is 9.59 Å². The molecule has 0 aliphatic carbocycles. The van der Waals surface area contributed by atoms with Crippen LogP contribution in [0, 0.1) is 0 Å². The van der Waals surface area contributed by atoms with E-state index in [1.807, 2.05) is 30.3 Å². The van der Waals surface area contributed by atoms with Crippen LogP contribution in [0.1, 0.15) is 23.8 Å². The molecule has 148 valence electrons. The third-order valence-electron chi connectivity index (χ3n) is 4.60. The molecule has 1 amide bonds. The molecule has 2 aromatic carbocycles. The van der Waals surface area contributed by atoms with Gasteiger partial charge in [0.2, 0.25) is 0 Å². The van der Waals surface area contributed by atoms with E-state index in [0.29, 0.717) is 29.2 Å². The Hall–Kier alpha value is -2.83. The molecule has 0 spiro atoms. The maximum absolute atomic E-state index is 12.5. The van der Waals surface area contributed by atoms with E-state index < -0.39 is 12.0 Å². The van der Waals surface area contributed by atoms with E-state index in [4.69, 9.17) is 32.4 Å². The third-order valence-corrected chi connectivity index (χ3v) is 5.05. The molecule has 1 atom stereocenters. The molecule has 0 N–H and O–H groups in total. The number of benzene rings is 2. The molecule has 3 aromatic rings. The molecule has 6 nitrogen and oxygen atoms in total. The normalized spacial score (nSPS) is 16.1. The lowest BCUT2D eigenvalue weighted by Crippen LogP contribution is -2.28. The van der Waals surface area contributed by atoms with Crippen LogP contribution in [0.25, 0.3) is 11.0 Å². The van der Waals surface area contributed by atoms with Crippen LogP contribution in [-0.4, -0.2) is 34.4 Å². The summed E-state index contributed by atoms with van der Waals surface area (Å²) in [5.41, 5.74) is 1.99. The zero-order valence-corrected chi connectivity index (χ0v) is 16.7. The summed E-state index contributed by atoms with van der Waals surface area (Å²) in [6.45, 7) is 0. The average Bonchev–Trinajstić information content (AvgIpc) is 3.38. The minimum absolute atomic E-state index is 0.225. The molecular weight excluding hydrogens is 415 g/mol. The van der Waals surface area contributed by atoms with Gasteiger partial charge in [0.15, 0.2) is 5.76 Å². The van der Waals surface area contributed by atoms with Gasteiger partial charge in [-0.25, -0.2) is 5.01 Å². The van der Waals surface area contributed by atoms with Crippen LogP contribution in [0.5, 0.6) is 5.75 Å². The average molecular weight is 431 g/mol. The molecule has 29 heavy (non-hydrogen) atoms. The highest BCUT2D eigenvalue weighted by Crippen LogP contribution is 2.38. The number of fused-ring (bicyclic) bond motifs is 1. The number of hydrogen-bond acceptors (Lipinski definition) is 5. The molecule has 1 aliphatic heterocycles. The summed E-state index contributed by atoms with van der Waals surface area (Å²) in [5, 5.41) is 6.75. The van der Waals surface area contributed by atoms with Crippen molar-refractivity contribution in [2.75, 3.05) is 11.8 Å². The highest BCUT2D eigenvalue weighted by molar-refractivity contribution is 6.27. The van der Waals surface area contributed by atoms with Gasteiger partial charge >= 0.3 is 5.97 Å². The number of esters is 1. The van der Waals surface area contributed by atoms with Gasteiger partial charge in [-0.1, -0.05) is 36.4 Å². The second-order valence-electron chi connectivity index (χ2n) is 6.43. The fourth-order valence-electron chi connectivity index (χ4n) is 3.32. The van der Waals surface area contributed by atoms with Gasteiger partial charge in [-0.2, -0.15) is 5.10 Å². The number of carbonyl (C=O) groups is 2. The number of halogens is 2. The Bertz CT molecular complexity index is 1080. The Morgan fingerprint density at radius 1 is 1.10 bits per heavy atom. The predicted octanol–water partition coefficient (Wildman–Crippen LogP) is 4.49. The van der Waals surface area contributed by atoms with E-state index in [1.165, 1.54) is 5.01 Å². The SMILES string of the molecule is O=C(CCl)Oc1ccccc1C1CC(c2cc3ccccc3o2)=NN1C(=O)CCl. The lowest BCUT2D eigenvalue weighted by Gasteiger charge is -2.22. The van der Waals surface area contributed by atoms with Crippen molar-refractivity contribution in [2.45, 2.75) is 12.5 Å². The lowest BCUT2D eigenvalue weighted by molar-refractivity contribution is -0.131. The molecule has 4 rings (SSSR count). The predicted molar refractivity (Wildman–Crippen MR) is 110 cm³/mol. The van der Waals surface area contributed by atoms with Gasteiger partial charge in [0.05, 0.1) is 6.04 Å². The maximum Gasteiger partial charge on any atom is 0.326 e. The van der Waals surface area contributed by atoms with Gasteiger partial charge in [0, 0.05) is 17.4 Å². The monoisotopic (exact) mass is 430 g/mol. The van der Waals surface area contributed by atoms with Gasteiger partial charge in [0.25, 0.3) is 5.91 Å². The Labute approximate surface area is 176 Å². The molecule has 1 unspecified atom stereocenters. The quantitative estimate of drug-likeness (QED) is 0.339. The van der Waals surface area contributed by atoms with Crippen molar-refractivity contribution in [2.24, 2.45) is 5.10 Å². The summed E-state index contributed by atoms with van der Waals surface area (Å²) in [7, 11) is 0. The van der Waals surface area contributed by atoms with E-state index in [9.17, 15) is 9.59 Å². The van der Waals surface area contributed by atoms with Crippen molar-refractivity contribution in [3.8, 4) is 5.75 Å². The largest absolute Gasteiger partial charge is 0.455 e. The molecule has 0 saturated heterocycles. The third kappa shape index (κ3) is 3.86. The number of ether oxygens (including phenoxy) is 1. The Morgan fingerprint density at radius 3 is 2.62 bits per heavy atom. The number of hydrogen-bond donors (Lipinski definition) is 0. The number of furan rings is 1. The van der Waals surface area contributed by atoms with Crippen molar-refractivity contribution in [1.82, 2.24) is 5.01 Å². The molecule has 1 aliphatic rings. The summed E-state index contributed by atoms with van der Waals surface area (Å²) < 4.78 is 11.2. The number of para-hydroxylation sites is 2. The summed E-state index contributed by atoms with van der Waals surface area (Å²) in [6, 6.07) is 16.0. The number of alkyl halides is 2. The maximum atomic E-state index is 12.5. The van der Waals surface area contributed by atoms with Crippen molar-refractivity contribution in [3.05, 3.63) is 65.9 Å². The van der Waals surface area contributed by atoms with E-state index in [1.54, 1.807) is 24.3 Å². The van der Waals surface area contributed by atoms with Gasteiger partial charge in [0.1, 0.15) is 28.8 Å². The second-order valence-corrected chi connectivity index (χ2v) is 6.97. The van der Waals surface area contributed by atoms with E-state index in [-0.39, 0.29) is 17.7 Å². The second kappa shape index (κ2) is 8.27. The first-order valence-corrected chi connectivity index (χ1v) is 9.97. The first-order valence-electron chi connectivity index (χ1n) is 8.90. The Balaban J connectivity index is 1.71. The highest BCUT2D eigenvalue weighted by atomic mass is 35.5. The topological polar surface area (TPSA) is 72.1 Å². The minimum Gasteiger partial charge on any atom is -0.455 e. The molecule has 0 radical (unpaired) electrons. The van der Waals surface area contributed by atoms with Gasteiger partial charge in [-0.3, -0.25) is 9.59 Å². The lowest BCUT2D eigenvalue weighted by atomic mass is 10.00. The molecule has 0 fully saturated rings. The van der Waals surface area contributed by atoms with Crippen LogP contribution < -0.4 is 4.74 Å².